The Morgan fingerprint density at radius 2 is 1.60 bits per heavy atom. The zero-order chi connectivity index (χ0) is 11.3. The summed E-state index contributed by atoms with van der Waals surface area (Å²) < 4.78 is 0. The van der Waals surface area contributed by atoms with Gasteiger partial charge in [0, 0.05) is 0 Å². The van der Waals surface area contributed by atoms with Gasteiger partial charge in [-0.05, 0) is 42.3 Å². The van der Waals surface area contributed by atoms with E-state index in [9.17, 15) is 0 Å². The Morgan fingerprint density at radius 1 is 1.07 bits per heavy atom. The molecule has 0 fully saturated rings. The summed E-state index contributed by atoms with van der Waals surface area (Å²) in [5.41, 5.74) is 8.60. The molecule has 2 N–H and O–H groups in total. The van der Waals surface area contributed by atoms with Crippen molar-refractivity contribution in [2.45, 2.75) is 33.6 Å². The molecule has 1 aromatic rings. The van der Waals surface area contributed by atoms with Crippen molar-refractivity contribution in [1.29, 1.82) is 0 Å². The first-order valence-corrected chi connectivity index (χ1v) is 5.95. The number of benzene rings is 1. The van der Waals surface area contributed by atoms with E-state index in [1.54, 1.807) is 0 Å². The van der Waals surface area contributed by atoms with Crippen LogP contribution in [0.4, 0.5) is 0 Å². The highest BCUT2D eigenvalue weighted by molar-refractivity contribution is 5.22. The first-order chi connectivity index (χ1) is 7.17. The molecule has 1 unspecified atom stereocenters. The lowest BCUT2D eigenvalue weighted by Crippen LogP contribution is -2.22. The van der Waals surface area contributed by atoms with E-state index in [2.05, 4.69) is 45.0 Å². The van der Waals surface area contributed by atoms with Crippen molar-refractivity contribution in [2.24, 2.45) is 17.6 Å². The van der Waals surface area contributed by atoms with Crippen molar-refractivity contribution in [3.05, 3.63) is 35.4 Å². The van der Waals surface area contributed by atoms with E-state index in [1.807, 2.05) is 0 Å². The van der Waals surface area contributed by atoms with Gasteiger partial charge in [-0.1, -0.05) is 45.0 Å². The summed E-state index contributed by atoms with van der Waals surface area (Å²) in [5, 5.41) is 0. The Balaban J connectivity index is 2.63. The van der Waals surface area contributed by atoms with Crippen LogP contribution in [-0.2, 0) is 12.8 Å². The third-order valence-electron chi connectivity index (χ3n) is 3.17. The highest BCUT2D eigenvalue weighted by Crippen LogP contribution is 2.16. The average molecular weight is 205 g/mol. The third kappa shape index (κ3) is 3.67. The second-order valence-electron chi connectivity index (χ2n) is 4.61. The summed E-state index contributed by atoms with van der Waals surface area (Å²) in [6.45, 7) is 7.47. The van der Waals surface area contributed by atoms with Gasteiger partial charge in [-0.3, -0.25) is 0 Å². The fourth-order valence-electron chi connectivity index (χ4n) is 1.80. The third-order valence-corrected chi connectivity index (χ3v) is 3.17. The number of aryl methyl sites for hydroxylation is 1. The van der Waals surface area contributed by atoms with Gasteiger partial charge in [0.25, 0.3) is 0 Å². The Bertz CT molecular complexity index is 274. The molecule has 1 atom stereocenters. The van der Waals surface area contributed by atoms with Gasteiger partial charge in [-0.2, -0.15) is 0 Å². The maximum Gasteiger partial charge on any atom is -0.00432 e. The molecule has 0 bridgehead atoms. The molecule has 0 radical (unpaired) electrons. The van der Waals surface area contributed by atoms with Crippen molar-refractivity contribution in [2.75, 3.05) is 6.54 Å². The Labute approximate surface area is 93.7 Å². The minimum Gasteiger partial charge on any atom is -0.330 e. The fourth-order valence-corrected chi connectivity index (χ4v) is 1.80. The van der Waals surface area contributed by atoms with E-state index >= 15 is 0 Å². The molecule has 0 aliphatic rings. The van der Waals surface area contributed by atoms with Crippen LogP contribution in [0.5, 0.6) is 0 Å². The lowest BCUT2D eigenvalue weighted by molar-refractivity contribution is 0.392. The van der Waals surface area contributed by atoms with E-state index in [0.29, 0.717) is 11.8 Å². The maximum absolute atomic E-state index is 5.78. The lowest BCUT2D eigenvalue weighted by Gasteiger charge is -2.18. The fraction of sp³-hybridized carbons (Fsp3) is 0.571. The SMILES string of the molecule is CCc1ccc(CC(CN)C(C)C)cc1. The van der Waals surface area contributed by atoms with Crippen LogP contribution in [0.25, 0.3) is 0 Å². The molecule has 1 rings (SSSR count). The zero-order valence-electron chi connectivity index (χ0n) is 10.2. The molecule has 0 spiro atoms. The second-order valence-corrected chi connectivity index (χ2v) is 4.61. The molecule has 0 heterocycles. The van der Waals surface area contributed by atoms with Crippen LogP contribution in [0.3, 0.4) is 0 Å². The molecule has 0 aliphatic carbocycles. The van der Waals surface area contributed by atoms with Crippen molar-refractivity contribution in [3.63, 3.8) is 0 Å². The molecule has 84 valence electrons. The zero-order valence-corrected chi connectivity index (χ0v) is 10.2. The first kappa shape index (κ1) is 12.3. The van der Waals surface area contributed by atoms with Gasteiger partial charge < -0.3 is 5.73 Å². The molecule has 0 saturated heterocycles. The van der Waals surface area contributed by atoms with Crippen molar-refractivity contribution in [1.82, 2.24) is 0 Å². The summed E-state index contributed by atoms with van der Waals surface area (Å²) in [6, 6.07) is 8.93. The quantitative estimate of drug-likeness (QED) is 0.785. The van der Waals surface area contributed by atoms with E-state index in [-0.39, 0.29) is 0 Å². The normalized spacial score (nSPS) is 13.1. The maximum atomic E-state index is 5.78. The predicted octanol–water partition coefficient (Wildman–Crippen LogP) is 3.02. The molecule has 1 aromatic carbocycles. The van der Waals surface area contributed by atoms with Gasteiger partial charge in [0.15, 0.2) is 0 Å². The summed E-state index contributed by atoms with van der Waals surface area (Å²) in [7, 11) is 0. The van der Waals surface area contributed by atoms with E-state index in [0.717, 1.165) is 19.4 Å². The highest BCUT2D eigenvalue weighted by Gasteiger charge is 2.11. The van der Waals surface area contributed by atoms with Crippen LogP contribution in [0.1, 0.15) is 31.9 Å². The molecule has 0 aromatic heterocycles. The van der Waals surface area contributed by atoms with Gasteiger partial charge >= 0.3 is 0 Å². The smallest absolute Gasteiger partial charge is 0.00432 e. The number of rotatable bonds is 5. The minimum atomic E-state index is 0.609. The standard InChI is InChI=1S/C14H23N/c1-4-12-5-7-13(8-6-12)9-14(10-15)11(2)3/h5-8,11,14H,4,9-10,15H2,1-3H3. The summed E-state index contributed by atoms with van der Waals surface area (Å²) >= 11 is 0. The van der Waals surface area contributed by atoms with Gasteiger partial charge in [0.2, 0.25) is 0 Å². The highest BCUT2D eigenvalue weighted by atomic mass is 14.5. The average Bonchev–Trinajstić information content (AvgIpc) is 2.26. The lowest BCUT2D eigenvalue weighted by atomic mass is 9.89. The number of hydrogen-bond donors (Lipinski definition) is 1. The predicted molar refractivity (Wildman–Crippen MR) is 66.9 cm³/mol. The number of nitrogens with two attached hydrogens (primary N) is 1. The molecular formula is C14H23N. The topological polar surface area (TPSA) is 26.0 Å². The van der Waals surface area contributed by atoms with Gasteiger partial charge in [-0.25, -0.2) is 0 Å². The first-order valence-electron chi connectivity index (χ1n) is 5.95. The van der Waals surface area contributed by atoms with E-state index in [1.165, 1.54) is 11.1 Å². The molecule has 0 amide bonds. The summed E-state index contributed by atoms with van der Waals surface area (Å²) in [6.07, 6.45) is 2.23. The van der Waals surface area contributed by atoms with Crippen LogP contribution in [0, 0.1) is 11.8 Å². The second kappa shape index (κ2) is 5.92. The summed E-state index contributed by atoms with van der Waals surface area (Å²) in [4.78, 5) is 0. The van der Waals surface area contributed by atoms with Gasteiger partial charge in [0.05, 0.1) is 0 Å². The van der Waals surface area contributed by atoms with Crippen molar-refractivity contribution < 1.29 is 0 Å². The molecule has 15 heavy (non-hydrogen) atoms. The van der Waals surface area contributed by atoms with Crippen LogP contribution in [0.2, 0.25) is 0 Å². The minimum absolute atomic E-state index is 0.609. The summed E-state index contributed by atoms with van der Waals surface area (Å²) in [5.74, 6) is 1.28. The Morgan fingerprint density at radius 3 is 2.00 bits per heavy atom. The van der Waals surface area contributed by atoms with E-state index < -0.39 is 0 Å². The van der Waals surface area contributed by atoms with Crippen LogP contribution in [0.15, 0.2) is 24.3 Å². The largest absolute Gasteiger partial charge is 0.330 e. The van der Waals surface area contributed by atoms with Crippen LogP contribution in [-0.4, -0.2) is 6.54 Å². The molecule has 1 nitrogen and oxygen atoms in total. The van der Waals surface area contributed by atoms with Crippen molar-refractivity contribution >= 4 is 0 Å². The van der Waals surface area contributed by atoms with Crippen LogP contribution >= 0.6 is 0 Å². The Kier molecular flexibility index (Phi) is 4.83. The molecule has 0 aliphatic heterocycles. The van der Waals surface area contributed by atoms with Crippen molar-refractivity contribution in [3.8, 4) is 0 Å². The van der Waals surface area contributed by atoms with Gasteiger partial charge in [-0.15, -0.1) is 0 Å². The van der Waals surface area contributed by atoms with E-state index in [4.69, 9.17) is 5.73 Å². The number of hydrogen-bond acceptors (Lipinski definition) is 1. The molecule has 1 heteroatoms. The van der Waals surface area contributed by atoms with Gasteiger partial charge in [0.1, 0.15) is 0 Å². The van der Waals surface area contributed by atoms with Crippen LogP contribution < -0.4 is 5.73 Å². The Hall–Kier alpha value is -0.820. The monoisotopic (exact) mass is 205 g/mol. The molecule has 0 saturated carbocycles. The molecular weight excluding hydrogens is 182 g/mol.